The number of halogens is 1. The normalized spacial score (nSPS) is 12.3. The predicted molar refractivity (Wildman–Crippen MR) is 151 cm³/mol. The van der Waals surface area contributed by atoms with Gasteiger partial charge in [-0.25, -0.2) is 4.39 Å². The molecule has 0 fully saturated rings. The van der Waals surface area contributed by atoms with Crippen LogP contribution in [0.25, 0.3) is 0 Å². The lowest BCUT2D eigenvalue weighted by Crippen LogP contribution is -2.27. The summed E-state index contributed by atoms with van der Waals surface area (Å²) in [6.45, 7) is 2.63. The third-order valence-electron chi connectivity index (χ3n) is 6.53. The van der Waals surface area contributed by atoms with Gasteiger partial charge in [0.15, 0.2) is 5.78 Å². The Bertz CT molecular complexity index is 1340. The highest BCUT2D eigenvalue weighted by atomic mass is 19.1. The fraction of sp³-hybridized carbons (Fsp3) is 0.235. The Kier molecular flexibility index (Phi) is 10.6. The molecule has 4 rings (SSSR count). The number of hydrogen-bond acceptors (Lipinski definition) is 5. The van der Waals surface area contributed by atoms with E-state index in [1.807, 2.05) is 60.7 Å². The van der Waals surface area contributed by atoms with E-state index in [0.717, 1.165) is 16.7 Å². The number of hydrogen-bond donors (Lipinski definition) is 0. The van der Waals surface area contributed by atoms with Crippen LogP contribution in [0.3, 0.4) is 0 Å². The smallest absolute Gasteiger partial charge is 0.316 e. The highest BCUT2D eigenvalue weighted by molar-refractivity contribution is 6.08. The van der Waals surface area contributed by atoms with Crippen molar-refractivity contribution in [3.63, 3.8) is 0 Å². The summed E-state index contributed by atoms with van der Waals surface area (Å²) >= 11 is 0. The lowest BCUT2D eigenvalue weighted by Gasteiger charge is -2.21. The third kappa shape index (κ3) is 8.35. The Hall–Kier alpha value is -4.29. The van der Waals surface area contributed by atoms with Gasteiger partial charge in [-0.3, -0.25) is 9.59 Å². The molecule has 0 aliphatic heterocycles. The van der Waals surface area contributed by atoms with Gasteiger partial charge in [-0.05, 0) is 72.9 Å². The molecular formula is C34H33FO5. The Morgan fingerprint density at radius 1 is 0.725 bits per heavy atom. The zero-order valence-corrected chi connectivity index (χ0v) is 22.5. The minimum Gasteiger partial charge on any atom is -0.489 e. The molecule has 0 bridgehead atoms. The van der Waals surface area contributed by atoms with E-state index in [9.17, 15) is 14.0 Å². The summed E-state index contributed by atoms with van der Waals surface area (Å²) in [5.41, 5.74) is 3.19. The van der Waals surface area contributed by atoms with Crippen molar-refractivity contribution < 1.29 is 28.2 Å². The molecule has 4 aromatic rings. The molecule has 206 valence electrons. The monoisotopic (exact) mass is 540 g/mol. The van der Waals surface area contributed by atoms with E-state index in [0.29, 0.717) is 30.9 Å². The molecule has 0 aliphatic rings. The summed E-state index contributed by atoms with van der Waals surface area (Å²) in [6, 6.07) is 32.4. The zero-order chi connectivity index (χ0) is 28.2. The Morgan fingerprint density at radius 3 is 1.93 bits per heavy atom. The van der Waals surface area contributed by atoms with Crippen LogP contribution in [0.1, 0.15) is 52.9 Å². The number of benzene rings is 4. The van der Waals surface area contributed by atoms with Crippen LogP contribution in [-0.4, -0.2) is 18.4 Å². The number of esters is 1. The Morgan fingerprint density at radius 2 is 1.32 bits per heavy atom. The standard InChI is InChI=1S/C34H33FO5/c1-2-38-34(37)31(33(36)28-15-19-30(20-16-28)39-23-25-9-5-3-6-10-25)21-22-32(27-13-17-29(35)18-14-27)40-24-26-11-7-4-8-12-26/h3-20,31-32H,2,21-24H2,1H3/t31?,32-/m0/s1. The SMILES string of the molecule is CCOC(=O)C(CC[C@H](OCc1ccccc1)c1ccc(F)cc1)C(=O)c1ccc(OCc2ccccc2)cc1. The van der Waals surface area contributed by atoms with E-state index in [1.165, 1.54) is 12.1 Å². The molecule has 0 saturated heterocycles. The van der Waals surface area contributed by atoms with Crippen LogP contribution in [-0.2, 0) is 27.5 Å². The zero-order valence-electron chi connectivity index (χ0n) is 22.5. The van der Waals surface area contributed by atoms with Crippen LogP contribution in [0, 0.1) is 11.7 Å². The second-order valence-corrected chi connectivity index (χ2v) is 9.38. The number of ether oxygens (including phenoxy) is 3. The lowest BCUT2D eigenvalue weighted by molar-refractivity contribution is -0.146. The summed E-state index contributed by atoms with van der Waals surface area (Å²) in [5.74, 6) is -1.62. The fourth-order valence-corrected chi connectivity index (χ4v) is 4.37. The van der Waals surface area contributed by atoms with E-state index >= 15 is 0 Å². The summed E-state index contributed by atoms with van der Waals surface area (Å²) in [7, 11) is 0. The van der Waals surface area contributed by atoms with Gasteiger partial charge in [0.1, 0.15) is 24.1 Å². The van der Waals surface area contributed by atoms with Crippen molar-refractivity contribution in [3.05, 3.63) is 137 Å². The molecule has 4 aromatic carbocycles. The van der Waals surface area contributed by atoms with Crippen LogP contribution in [0.2, 0.25) is 0 Å². The quantitative estimate of drug-likeness (QED) is 0.0941. The second kappa shape index (κ2) is 14.8. The van der Waals surface area contributed by atoms with Gasteiger partial charge in [0.05, 0.1) is 19.3 Å². The molecule has 0 radical (unpaired) electrons. The Balaban J connectivity index is 1.46. The van der Waals surface area contributed by atoms with Crippen molar-refractivity contribution in [2.75, 3.05) is 6.61 Å². The van der Waals surface area contributed by atoms with Crippen LogP contribution in [0.5, 0.6) is 5.75 Å². The van der Waals surface area contributed by atoms with E-state index in [1.54, 1.807) is 43.3 Å². The van der Waals surface area contributed by atoms with Gasteiger partial charge in [-0.15, -0.1) is 0 Å². The van der Waals surface area contributed by atoms with Gasteiger partial charge < -0.3 is 14.2 Å². The average Bonchev–Trinajstić information content (AvgIpc) is 2.99. The van der Waals surface area contributed by atoms with Crippen molar-refractivity contribution in [1.82, 2.24) is 0 Å². The van der Waals surface area contributed by atoms with E-state index in [-0.39, 0.29) is 24.6 Å². The van der Waals surface area contributed by atoms with E-state index in [4.69, 9.17) is 14.2 Å². The summed E-state index contributed by atoms with van der Waals surface area (Å²) in [6.07, 6.45) is 0.131. The van der Waals surface area contributed by atoms with Crippen molar-refractivity contribution in [1.29, 1.82) is 0 Å². The van der Waals surface area contributed by atoms with Crippen LogP contribution < -0.4 is 4.74 Å². The molecule has 0 N–H and O–H groups in total. The molecule has 6 heteroatoms. The number of ketones is 1. The van der Waals surface area contributed by atoms with E-state index < -0.39 is 18.0 Å². The van der Waals surface area contributed by atoms with Crippen LogP contribution in [0.4, 0.5) is 4.39 Å². The second-order valence-electron chi connectivity index (χ2n) is 9.38. The average molecular weight is 541 g/mol. The molecule has 0 amide bonds. The number of carbonyl (C=O) groups is 2. The Labute approximate surface area is 234 Å². The van der Waals surface area contributed by atoms with Gasteiger partial charge in [-0.1, -0.05) is 72.8 Å². The van der Waals surface area contributed by atoms with Crippen molar-refractivity contribution >= 4 is 11.8 Å². The number of Topliss-reactive ketones (excluding diaryl/α,β-unsaturated/α-hetero) is 1. The van der Waals surface area contributed by atoms with Crippen LogP contribution in [0.15, 0.2) is 109 Å². The highest BCUT2D eigenvalue weighted by Crippen LogP contribution is 2.29. The summed E-state index contributed by atoms with van der Waals surface area (Å²) < 4.78 is 30.9. The lowest BCUT2D eigenvalue weighted by atomic mass is 9.90. The maximum absolute atomic E-state index is 13.6. The fourth-order valence-electron chi connectivity index (χ4n) is 4.37. The third-order valence-corrected chi connectivity index (χ3v) is 6.53. The minimum absolute atomic E-state index is 0.167. The van der Waals surface area contributed by atoms with Gasteiger partial charge in [-0.2, -0.15) is 0 Å². The molecule has 40 heavy (non-hydrogen) atoms. The first-order valence-electron chi connectivity index (χ1n) is 13.4. The largest absolute Gasteiger partial charge is 0.489 e. The van der Waals surface area contributed by atoms with Gasteiger partial charge in [0, 0.05) is 5.56 Å². The molecule has 2 atom stereocenters. The first-order chi connectivity index (χ1) is 19.5. The summed E-state index contributed by atoms with van der Waals surface area (Å²) in [4.78, 5) is 26.4. The molecule has 0 saturated carbocycles. The van der Waals surface area contributed by atoms with Crippen molar-refractivity contribution in [2.45, 2.75) is 39.1 Å². The molecule has 0 heterocycles. The van der Waals surface area contributed by atoms with Gasteiger partial charge in [0.2, 0.25) is 0 Å². The van der Waals surface area contributed by atoms with E-state index in [2.05, 4.69) is 0 Å². The van der Waals surface area contributed by atoms with Gasteiger partial charge >= 0.3 is 5.97 Å². The summed E-state index contributed by atoms with van der Waals surface area (Å²) in [5, 5.41) is 0. The van der Waals surface area contributed by atoms with Crippen molar-refractivity contribution in [3.8, 4) is 5.75 Å². The number of rotatable bonds is 14. The molecule has 0 aromatic heterocycles. The molecule has 1 unspecified atom stereocenters. The van der Waals surface area contributed by atoms with Gasteiger partial charge in [0.25, 0.3) is 0 Å². The van der Waals surface area contributed by atoms with Crippen LogP contribution >= 0.6 is 0 Å². The number of carbonyl (C=O) groups excluding carboxylic acids is 2. The first kappa shape index (κ1) is 28.7. The topological polar surface area (TPSA) is 61.8 Å². The predicted octanol–water partition coefficient (Wildman–Crippen LogP) is 7.51. The van der Waals surface area contributed by atoms with Crippen molar-refractivity contribution in [2.24, 2.45) is 5.92 Å². The molecule has 5 nitrogen and oxygen atoms in total. The first-order valence-corrected chi connectivity index (χ1v) is 13.4. The molecular weight excluding hydrogens is 507 g/mol. The molecule has 0 aliphatic carbocycles. The maximum atomic E-state index is 13.6. The maximum Gasteiger partial charge on any atom is 0.316 e. The molecule has 0 spiro atoms. The highest BCUT2D eigenvalue weighted by Gasteiger charge is 2.30. The minimum atomic E-state index is -1.00.